The Bertz CT molecular complexity index is 726. The van der Waals surface area contributed by atoms with E-state index in [1.807, 2.05) is 48.5 Å². The molecule has 1 aromatic carbocycles. The van der Waals surface area contributed by atoms with Gasteiger partial charge in [0.2, 0.25) is 5.88 Å². The van der Waals surface area contributed by atoms with Crippen molar-refractivity contribution >= 4 is 12.4 Å². The first-order valence-electron chi connectivity index (χ1n) is 7.09. The number of hydrogen-bond acceptors (Lipinski definition) is 3. The van der Waals surface area contributed by atoms with Crippen molar-refractivity contribution in [3.05, 3.63) is 60.3 Å². The van der Waals surface area contributed by atoms with E-state index < -0.39 is 0 Å². The quantitative estimate of drug-likeness (QED) is 0.791. The molecule has 0 spiro atoms. The molecule has 22 heavy (non-hydrogen) atoms. The second-order valence-electron chi connectivity index (χ2n) is 4.87. The number of benzene rings is 1. The summed E-state index contributed by atoms with van der Waals surface area (Å²) in [5.74, 6) is 0.795. The van der Waals surface area contributed by atoms with Gasteiger partial charge in [0.15, 0.2) is 5.82 Å². The van der Waals surface area contributed by atoms with Gasteiger partial charge >= 0.3 is 0 Å². The van der Waals surface area contributed by atoms with Crippen molar-refractivity contribution in [1.29, 1.82) is 0 Å². The topological polar surface area (TPSA) is 50.9 Å². The summed E-state index contributed by atoms with van der Waals surface area (Å²) in [6.45, 7) is 2.09. The highest BCUT2D eigenvalue weighted by atomic mass is 35.5. The molecule has 0 fully saturated rings. The van der Waals surface area contributed by atoms with E-state index in [4.69, 9.17) is 0 Å². The Labute approximate surface area is 135 Å². The van der Waals surface area contributed by atoms with Gasteiger partial charge in [0.05, 0.1) is 5.69 Å². The van der Waals surface area contributed by atoms with Crippen LogP contribution in [0.2, 0.25) is 0 Å². The third-order valence-corrected chi connectivity index (χ3v) is 3.37. The summed E-state index contributed by atoms with van der Waals surface area (Å²) >= 11 is 0. The molecule has 0 aliphatic carbocycles. The van der Waals surface area contributed by atoms with Crippen LogP contribution in [0.4, 0.5) is 0 Å². The molecule has 3 aromatic rings. The molecule has 0 aliphatic heterocycles. The fraction of sp³-hybridized carbons (Fsp3) is 0.176. The van der Waals surface area contributed by atoms with Crippen LogP contribution in [0.1, 0.15) is 18.9 Å². The summed E-state index contributed by atoms with van der Waals surface area (Å²) in [6, 6.07) is 15.5. The first-order valence-corrected chi connectivity index (χ1v) is 7.09. The maximum Gasteiger partial charge on any atom is 0.219 e. The molecule has 0 saturated heterocycles. The van der Waals surface area contributed by atoms with Crippen molar-refractivity contribution < 1.29 is 5.11 Å². The average Bonchev–Trinajstić information content (AvgIpc) is 2.87. The highest BCUT2D eigenvalue weighted by Gasteiger charge is 2.19. The van der Waals surface area contributed by atoms with E-state index >= 15 is 0 Å². The molecule has 4 nitrogen and oxygen atoms in total. The zero-order valence-corrected chi connectivity index (χ0v) is 13.1. The largest absolute Gasteiger partial charge is 0.493 e. The highest BCUT2D eigenvalue weighted by molar-refractivity contribution is 5.85. The maximum absolute atomic E-state index is 10.5. The van der Waals surface area contributed by atoms with Crippen molar-refractivity contribution in [2.24, 2.45) is 0 Å². The smallest absolute Gasteiger partial charge is 0.219 e. The lowest BCUT2D eigenvalue weighted by atomic mass is 10.0. The zero-order chi connectivity index (χ0) is 14.7. The van der Waals surface area contributed by atoms with E-state index in [1.165, 1.54) is 4.68 Å². The van der Waals surface area contributed by atoms with Crippen LogP contribution in [0, 0.1) is 0 Å². The van der Waals surface area contributed by atoms with Crippen LogP contribution in [0.3, 0.4) is 0 Å². The van der Waals surface area contributed by atoms with Crippen LogP contribution in [0.15, 0.2) is 54.7 Å². The van der Waals surface area contributed by atoms with Crippen LogP contribution in [0.25, 0.3) is 17.1 Å². The molecule has 114 valence electrons. The van der Waals surface area contributed by atoms with Crippen molar-refractivity contribution in [2.45, 2.75) is 19.8 Å². The van der Waals surface area contributed by atoms with Crippen LogP contribution >= 0.6 is 12.4 Å². The molecule has 2 heterocycles. The van der Waals surface area contributed by atoms with Gasteiger partial charge in [-0.3, -0.25) is 0 Å². The molecule has 5 heteroatoms. The molecule has 0 bridgehead atoms. The van der Waals surface area contributed by atoms with Crippen molar-refractivity contribution in [3.8, 4) is 23.0 Å². The minimum Gasteiger partial charge on any atom is -0.493 e. The third-order valence-electron chi connectivity index (χ3n) is 3.37. The predicted octanol–water partition coefficient (Wildman–Crippen LogP) is 4.01. The molecule has 0 amide bonds. The number of rotatable bonds is 4. The molecule has 3 rings (SSSR count). The van der Waals surface area contributed by atoms with E-state index in [0.29, 0.717) is 5.82 Å². The van der Waals surface area contributed by atoms with Gasteiger partial charge in [-0.1, -0.05) is 49.7 Å². The number of nitrogens with zero attached hydrogens (tertiary/aromatic N) is 3. The van der Waals surface area contributed by atoms with Crippen LogP contribution in [-0.2, 0) is 6.42 Å². The van der Waals surface area contributed by atoms with Crippen LogP contribution < -0.4 is 0 Å². The molecule has 2 aromatic heterocycles. The molecule has 0 radical (unpaired) electrons. The second kappa shape index (κ2) is 7.09. The molecule has 0 saturated carbocycles. The van der Waals surface area contributed by atoms with Gasteiger partial charge in [0.25, 0.3) is 0 Å². The van der Waals surface area contributed by atoms with Gasteiger partial charge in [0.1, 0.15) is 0 Å². The number of hydrogen-bond donors (Lipinski definition) is 1. The van der Waals surface area contributed by atoms with Crippen molar-refractivity contribution in [2.75, 3.05) is 0 Å². The Morgan fingerprint density at radius 1 is 1.05 bits per heavy atom. The first kappa shape index (κ1) is 16.0. The summed E-state index contributed by atoms with van der Waals surface area (Å²) in [6.07, 6.45) is 3.42. The summed E-state index contributed by atoms with van der Waals surface area (Å²) in [7, 11) is 0. The van der Waals surface area contributed by atoms with Crippen molar-refractivity contribution in [3.63, 3.8) is 0 Å². The Morgan fingerprint density at radius 3 is 2.41 bits per heavy atom. The lowest BCUT2D eigenvalue weighted by molar-refractivity contribution is 0.426. The Kier molecular flexibility index (Phi) is 5.17. The fourth-order valence-corrected chi connectivity index (χ4v) is 2.39. The van der Waals surface area contributed by atoms with E-state index in [2.05, 4.69) is 17.0 Å². The summed E-state index contributed by atoms with van der Waals surface area (Å²) in [5, 5.41) is 15.1. The normalized spacial score (nSPS) is 10.2. The van der Waals surface area contributed by atoms with Crippen LogP contribution in [0.5, 0.6) is 5.88 Å². The number of aromatic hydroxyl groups is 1. The molecule has 0 atom stereocenters. The molecular weight excluding hydrogens is 298 g/mol. The minimum atomic E-state index is 0. The zero-order valence-electron chi connectivity index (χ0n) is 12.3. The fourth-order valence-electron chi connectivity index (χ4n) is 2.39. The van der Waals surface area contributed by atoms with E-state index in [1.54, 1.807) is 6.20 Å². The first-order chi connectivity index (χ1) is 10.3. The second-order valence-corrected chi connectivity index (χ2v) is 4.87. The summed E-state index contributed by atoms with van der Waals surface area (Å²) in [5.41, 5.74) is 2.70. The highest BCUT2D eigenvalue weighted by Crippen LogP contribution is 2.32. The van der Waals surface area contributed by atoms with E-state index in [9.17, 15) is 5.11 Å². The van der Waals surface area contributed by atoms with Gasteiger partial charge in [-0.15, -0.1) is 12.4 Å². The Morgan fingerprint density at radius 2 is 1.77 bits per heavy atom. The van der Waals surface area contributed by atoms with E-state index in [0.717, 1.165) is 29.7 Å². The van der Waals surface area contributed by atoms with E-state index in [-0.39, 0.29) is 18.3 Å². The average molecular weight is 316 g/mol. The summed E-state index contributed by atoms with van der Waals surface area (Å²) < 4.78 is 1.51. The summed E-state index contributed by atoms with van der Waals surface area (Å²) in [4.78, 5) is 4.26. The molecule has 0 aliphatic rings. The predicted molar refractivity (Wildman–Crippen MR) is 89.7 cm³/mol. The Hall–Kier alpha value is -2.33. The number of pyridine rings is 1. The van der Waals surface area contributed by atoms with Gasteiger partial charge in [-0.25, -0.2) is 4.98 Å². The SMILES string of the molecule is CCCc1c(-c2ccccc2)nn(-c2ccccn2)c1O.Cl. The van der Waals surface area contributed by atoms with Crippen LogP contribution in [-0.4, -0.2) is 19.9 Å². The lowest BCUT2D eigenvalue weighted by Crippen LogP contribution is -1.98. The van der Waals surface area contributed by atoms with Crippen molar-refractivity contribution in [1.82, 2.24) is 14.8 Å². The monoisotopic (exact) mass is 315 g/mol. The van der Waals surface area contributed by atoms with Gasteiger partial charge in [-0.2, -0.15) is 9.78 Å². The minimum absolute atomic E-state index is 0. The number of aromatic nitrogens is 3. The van der Waals surface area contributed by atoms with Gasteiger partial charge in [0, 0.05) is 17.3 Å². The maximum atomic E-state index is 10.5. The molecule has 1 N–H and O–H groups in total. The third kappa shape index (κ3) is 2.97. The molecule has 0 unspecified atom stereocenters. The lowest BCUT2D eigenvalue weighted by Gasteiger charge is -2.01. The number of halogens is 1. The van der Waals surface area contributed by atoms with Gasteiger partial charge in [-0.05, 0) is 18.6 Å². The molecular formula is C17H18ClN3O. The van der Waals surface area contributed by atoms with Gasteiger partial charge < -0.3 is 5.11 Å². The Balaban J connectivity index is 0.00000176. The standard InChI is InChI=1S/C17H17N3O.ClH/c1-2-8-14-16(13-9-4-3-5-10-13)19-20(17(14)21)15-11-6-7-12-18-15;/h3-7,9-12,21H,2,8H2,1H3;1H.